The van der Waals surface area contributed by atoms with Crippen molar-refractivity contribution in [1.29, 1.82) is 0 Å². The number of rotatable bonds is 3. The summed E-state index contributed by atoms with van der Waals surface area (Å²) in [5.74, 6) is 0.253. The van der Waals surface area contributed by atoms with Crippen LogP contribution in [-0.2, 0) is 11.3 Å². The van der Waals surface area contributed by atoms with E-state index < -0.39 is 12.0 Å². The highest BCUT2D eigenvalue weighted by molar-refractivity contribution is 7.99. The number of amides is 2. The van der Waals surface area contributed by atoms with Gasteiger partial charge in [0.15, 0.2) is 0 Å². The van der Waals surface area contributed by atoms with Crippen molar-refractivity contribution < 1.29 is 14.7 Å². The van der Waals surface area contributed by atoms with Crippen molar-refractivity contribution in [1.82, 2.24) is 15.2 Å². The molecule has 2 N–H and O–H groups in total. The van der Waals surface area contributed by atoms with E-state index >= 15 is 0 Å². The second kappa shape index (κ2) is 6.42. The molecule has 0 saturated carbocycles. The first-order chi connectivity index (χ1) is 9.18. The monoisotopic (exact) mass is 281 g/mol. The van der Waals surface area contributed by atoms with E-state index in [4.69, 9.17) is 5.11 Å². The summed E-state index contributed by atoms with van der Waals surface area (Å²) >= 11 is 1.55. The van der Waals surface area contributed by atoms with E-state index in [0.29, 0.717) is 18.8 Å². The van der Waals surface area contributed by atoms with Gasteiger partial charge in [-0.1, -0.05) is 6.07 Å². The number of thioether (sulfide) groups is 1. The highest BCUT2D eigenvalue weighted by Crippen LogP contribution is 2.16. The summed E-state index contributed by atoms with van der Waals surface area (Å²) in [5, 5.41) is 11.8. The van der Waals surface area contributed by atoms with Gasteiger partial charge in [-0.3, -0.25) is 4.98 Å². The maximum atomic E-state index is 12.0. The van der Waals surface area contributed by atoms with Crippen molar-refractivity contribution in [3.63, 3.8) is 0 Å². The molecule has 1 aliphatic rings. The summed E-state index contributed by atoms with van der Waals surface area (Å²) in [7, 11) is 0. The summed E-state index contributed by atoms with van der Waals surface area (Å²) in [6.45, 7) is 0.809. The predicted molar refractivity (Wildman–Crippen MR) is 71.9 cm³/mol. The van der Waals surface area contributed by atoms with Crippen molar-refractivity contribution in [2.45, 2.75) is 12.6 Å². The number of carbonyl (C=O) groups is 2. The molecule has 1 fully saturated rings. The smallest absolute Gasteiger partial charge is 0.327 e. The molecule has 0 aliphatic carbocycles. The molecule has 1 aromatic heterocycles. The number of hydrogen-bond donors (Lipinski definition) is 2. The molecule has 0 radical (unpaired) electrons. The van der Waals surface area contributed by atoms with Crippen LogP contribution in [-0.4, -0.2) is 51.1 Å². The van der Waals surface area contributed by atoms with Crippen LogP contribution in [0.5, 0.6) is 0 Å². The quantitative estimate of drug-likeness (QED) is 0.856. The fourth-order valence-corrected chi connectivity index (χ4v) is 2.87. The van der Waals surface area contributed by atoms with Crippen LogP contribution in [0.1, 0.15) is 5.56 Å². The van der Waals surface area contributed by atoms with Gasteiger partial charge in [-0.05, 0) is 11.6 Å². The van der Waals surface area contributed by atoms with Gasteiger partial charge in [0.05, 0.1) is 0 Å². The second-order valence-corrected chi connectivity index (χ2v) is 5.29. The van der Waals surface area contributed by atoms with E-state index in [1.165, 1.54) is 4.90 Å². The summed E-state index contributed by atoms with van der Waals surface area (Å²) in [5.41, 5.74) is 0.883. The lowest BCUT2D eigenvalue weighted by molar-refractivity contribution is -0.141. The van der Waals surface area contributed by atoms with Crippen LogP contribution >= 0.6 is 11.8 Å². The zero-order valence-corrected chi connectivity index (χ0v) is 11.1. The number of carboxylic acids is 1. The Morgan fingerprint density at radius 3 is 3.11 bits per heavy atom. The Bertz CT molecular complexity index is 455. The number of nitrogens with zero attached hydrogens (tertiary/aromatic N) is 2. The normalized spacial score (nSPS) is 18.9. The summed E-state index contributed by atoms with van der Waals surface area (Å²) in [6, 6.07) is 2.57. The van der Waals surface area contributed by atoms with Gasteiger partial charge in [-0.15, -0.1) is 0 Å². The largest absolute Gasteiger partial charge is 0.480 e. The zero-order valence-electron chi connectivity index (χ0n) is 10.3. The molecule has 2 heterocycles. The number of aliphatic carboxylic acids is 1. The van der Waals surface area contributed by atoms with Gasteiger partial charge in [-0.2, -0.15) is 11.8 Å². The molecule has 0 bridgehead atoms. The van der Waals surface area contributed by atoms with E-state index in [2.05, 4.69) is 10.3 Å². The van der Waals surface area contributed by atoms with Gasteiger partial charge >= 0.3 is 12.0 Å². The first kappa shape index (κ1) is 13.7. The summed E-state index contributed by atoms with van der Waals surface area (Å²) in [6.07, 6.45) is 3.33. The number of nitrogens with one attached hydrogen (secondary N) is 1. The highest BCUT2D eigenvalue weighted by atomic mass is 32.2. The van der Waals surface area contributed by atoms with Gasteiger partial charge in [0, 0.05) is 37.0 Å². The maximum Gasteiger partial charge on any atom is 0.327 e. The van der Waals surface area contributed by atoms with Crippen LogP contribution in [0.3, 0.4) is 0 Å². The molecule has 0 aromatic carbocycles. The van der Waals surface area contributed by atoms with E-state index in [0.717, 1.165) is 11.3 Å². The van der Waals surface area contributed by atoms with Crippen LogP contribution in [0, 0.1) is 0 Å². The molecule has 1 saturated heterocycles. The molecule has 1 atom stereocenters. The van der Waals surface area contributed by atoms with Crippen LogP contribution in [0.15, 0.2) is 24.5 Å². The fourth-order valence-electron chi connectivity index (χ4n) is 1.83. The standard InChI is InChI=1S/C12H15N3O3S/c16-11(17)10-8-19-5-4-15(10)12(18)14-7-9-2-1-3-13-6-9/h1-3,6,10H,4-5,7-8H2,(H,14,18)(H,16,17). The van der Waals surface area contributed by atoms with Gasteiger partial charge in [-0.25, -0.2) is 9.59 Å². The first-order valence-electron chi connectivity index (χ1n) is 5.92. The molecule has 19 heavy (non-hydrogen) atoms. The molecule has 6 nitrogen and oxygen atoms in total. The van der Waals surface area contributed by atoms with E-state index in [-0.39, 0.29) is 6.03 Å². The molecule has 2 amide bonds. The molecular weight excluding hydrogens is 266 g/mol. The Balaban J connectivity index is 1.93. The molecule has 0 spiro atoms. The lowest BCUT2D eigenvalue weighted by Gasteiger charge is -2.32. The van der Waals surface area contributed by atoms with Gasteiger partial charge in [0.25, 0.3) is 0 Å². The molecule has 1 aliphatic heterocycles. The fraction of sp³-hybridized carbons (Fsp3) is 0.417. The molecule has 7 heteroatoms. The SMILES string of the molecule is O=C(O)C1CSCCN1C(=O)NCc1cccnc1. The van der Waals surface area contributed by atoms with Crippen molar-refractivity contribution in [3.05, 3.63) is 30.1 Å². The minimum Gasteiger partial charge on any atom is -0.480 e. The van der Waals surface area contributed by atoms with Crippen molar-refractivity contribution in [3.8, 4) is 0 Å². The van der Waals surface area contributed by atoms with Crippen LogP contribution < -0.4 is 5.32 Å². The van der Waals surface area contributed by atoms with Crippen LogP contribution in [0.2, 0.25) is 0 Å². The Kier molecular flexibility index (Phi) is 4.62. The topological polar surface area (TPSA) is 82.5 Å². The van der Waals surface area contributed by atoms with Crippen LogP contribution in [0.25, 0.3) is 0 Å². The van der Waals surface area contributed by atoms with E-state index in [9.17, 15) is 9.59 Å². The number of pyridine rings is 1. The number of urea groups is 1. The Hall–Kier alpha value is -1.76. The molecule has 1 aromatic rings. The lowest BCUT2D eigenvalue weighted by Crippen LogP contribution is -2.53. The number of hydrogen-bond acceptors (Lipinski definition) is 4. The molecule has 2 rings (SSSR count). The van der Waals surface area contributed by atoms with Crippen molar-refractivity contribution in [2.24, 2.45) is 0 Å². The Morgan fingerprint density at radius 2 is 2.42 bits per heavy atom. The van der Waals surface area contributed by atoms with Gasteiger partial charge in [0.1, 0.15) is 6.04 Å². The Morgan fingerprint density at radius 1 is 1.58 bits per heavy atom. The predicted octanol–water partition coefficient (Wildman–Crippen LogP) is 0.793. The number of carboxylic acid groups (broad SMARTS) is 1. The first-order valence-corrected chi connectivity index (χ1v) is 7.08. The zero-order chi connectivity index (χ0) is 13.7. The summed E-state index contributed by atoms with van der Waals surface area (Å²) < 4.78 is 0. The highest BCUT2D eigenvalue weighted by Gasteiger charge is 2.32. The molecule has 1 unspecified atom stereocenters. The second-order valence-electron chi connectivity index (χ2n) is 4.14. The number of carbonyl (C=O) groups excluding carboxylic acids is 1. The minimum atomic E-state index is -0.955. The lowest BCUT2D eigenvalue weighted by atomic mass is 10.2. The van der Waals surface area contributed by atoms with Crippen molar-refractivity contribution in [2.75, 3.05) is 18.1 Å². The molecular formula is C12H15N3O3S. The maximum absolute atomic E-state index is 12.0. The molecule has 102 valence electrons. The van der Waals surface area contributed by atoms with E-state index in [1.807, 2.05) is 6.07 Å². The minimum absolute atomic E-state index is 0.337. The number of aromatic nitrogens is 1. The Labute approximate surface area is 115 Å². The van der Waals surface area contributed by atoms with Crippen LogP contribution in [0.4, 0.5) is 4.79 Å². The third kappa shape index (κ3) is 3.60. The third-order valence-corrected chi connectivity index (χ3v) is 3.86. The average Bonchev–Trinajstić information content (AvgIpc) is 2.46. The van der Waals surface area contributed by atoms with E-state index in [1.54, 1.807) is 30.2 Å². The van der Waals surface area contributed by atoms with Gasteiger partial charge in [0.2, 0.25) is 0 Å². The summed E-state index contributed by atoms with van der Waals surface area (Å²) in [4.78, 5) is 28.4. The third-order valence-electron chi connectivity index (χ3n) is 2.84. The average molecular weight is 281 g/mol. The van der Waals surface area contributed by atoms with Gasteiger partial charge < -0.3 is 15.3 Å². The van der Waals surface area contributed by atoms with Crippen molar-refractivity contribution >= 4 is 23.8 Å².